The SMILES string of the molecule is CNc1ccn([C@@H]2O[C@H](COP(=O)(N[C@@H](C)C(=O)OC(C)C)Oc3ccccc3CCC(=O)OC(C)C)C(O)[C@@]2(C)O)c(=O)n1. The normalized spacial score (nSPS) is 23.4. The predicted molar refractivity (Wildman–Crippen MR) is 163 cm³/mol. The van der Waals surface area contributed by atoms with Crippen LogP contribution in [-0.4, -0.2) is 81.4 Å². The molecule has 0 saturated carbocycles. The van der Waals surface area contributed by atoms with E-state index >= 15 is 0 Å². The number of rotatable bonds is 15. The summed E-state index contributed by atoms with van der Waals surface area (Å²) in [5.41, 5.74) is -2.22. The summed E-state index contributed by atoms with van der Waals surface area (Å²) in [6.45, 7) is 8.89. The Labute approximate surface area is 261 Å². The second kappa shape index (κ2) is 15.3. The van der Waals surface area contributed by atoms with E-state index in [4.69, 9.17) is 23.3 Å². The zero-order chi connectivity index (χ0) is 33.5. The fraction of sp³-hybridized carbons (Fsp3) is 0.586. The van der Waals surface area contributed by atoms with Crippen molar-refractivity contribution in [3.05, 3.63) is 52.6 Å². The highest BCUT2D eigenvalue weighted by Crippen LogP contribution is 2.47. The number of aliphatic hydroxyl groups excluding tert-OH is 1. The summed E-state index contributed by atoms with van der Waals surface area (Å²) >= 11 is 0. The van der Waals surface area contributed by atoms with E-state index in [1.807, 2.05) is 0 Å². The third kappa shape index (κ3) is 9.58. The van der Waals surface area contributed by atoms with E-state index in [2.05, 4.69) is 15.4 Å². The molecular weight excluding hydrogens is 611 g/mol. The molecule has 0 spiro atoms. The number of esters is 2. The number of aromatic nitrogens is 2. The Bertz CT molecular complexity index is 1430. The molecule has 1 fully saturated rings. The van der Waals surface area contributed by atoms with E-state index in [0.29, 0.717) is 11.4 Å². The number of anilines is 1. The van der Waals surface area contributed by atoms with Crippen molar-refractivity contribution in [3.8, 4) is 5.75 Å². The first-order valence-electron chi connectivity index (χ1n) is 14.6. The maximum absolute atomic E-state index is 14.2. The van der Waals surface area contributed by atoms with E-state index in [1.54, 1.807) is 52.9 Å². The molecule has 1 aromatic heterocycles. The molecule has 45 heavy (non-hydrogen) atoms. The van der Waals surface area contributed by atoms with Crippen LogP contribution in [-0.2, 0) is 39.3 Å². The van der Waals surface area contributed by atoms with Crippen molar-refractivity contribution in [1.29, 1.82) is 0 Å². The van der Waals surface area contributed by atoms with Gasteiger partial charge in [0.15, 0.2) is 6.23 Å². The van der Waals surface area contributed by atoms with Gasteiger partial charge >= 0.3 is 25.4 Å². The Morgan fingerprint density at radius 3 is 2.42 bits per heavy atom. The summed E-state index contributed by atoms with van der Waals surface area (Å²) in [7, 11) is -2.87. The number of ether oxygens (including phenoxy) is 3. The van der Waals surface area contributed by atoms with Crippen molar-refractivity contribution in [1.82, 2.24) is 14.6 Å². The maximum atomic E-state index is 14.2. The molecule has 0 radical (unpaired) electrons. The lowest BCUT2D eigenvalue weighted by Crippen LogP contribution is -2.46. The largest absolute Gasteiger partial charge is 0.463 e. The highest BCUT2D eigenvalue weighted by molar-refractivity contribution is 7.52. The van der Waals surface area contributed by atoms with Crippen LogP contribution in [0.15, 0.2) is 41.3 Å². The highest BCUT2D eigenvalue weighted by Gasteiger charge is 2.54. The first kappa shape index (κ1) is 36.1. The van der Waals surface area contributed by atoms with Gasteiger partial charge in [0, 0.05) is 19.7 Å². The maximum Gasteiger partial charge on any atom is 0.459 e. The zero-order valence-corrected chi connectivity index (χ0v) is 27.4. The number of carbonyl (C=O) groups is 2. The summed E-state index contributed by atoms with van der Waals surface area (Å²) in [4.78, 5) is 41.2. The molecule has 2 heterocycles. The second-order valence-electron chi connectivity index (χ2n) is 11.3. The Morgan fingerprint density at radius 1 is 1.13 bits per heavy atom. The Kier molecular flexibility index (Phi) is 12.3. The standard InChI is InChI=1S/C29H43N4O11P/c1-17(2)41-24(34)13-12-20-10-8-9-11-21(20)44-45(39,32-19(5)26(36)42-18(3)4)40-16-22-25(35)29(6,38)27(43-22)33-15-14-23(30-7)31-28(33)37/h8-11,14-15,17-19,22,25,27,35,38H,12-13,16H2,1-7H3,(H,32,39)(H,30,31,37)/t19-,22+,25?,27+,29+,45?/m0/s1. The highest BCUT2D eigenvalue weighted by atomic mass is 31.2. The average molecular weight is 655 g/mol. The molecule has 2 unspecified atom stereocenters. The Morgan fingerprint density at radius 2 is 1.80 bits per heavy atom. The minimum atomic E-state index is -4.45. The molecule has 1 aliphatic heterocycles. The van der Waals surface area contributed by atoms with Crippen LogP contribution < -0.4 is 20.6 Å². The van der Waals surface area contributed by atoms with Gasteiger partial charge in [-0.1, -0.05) is 18.2 Å². The second-order valence-corrected chi connectivity index (χ2v) is 13.0. The van der Waals surface area contributed by atoms with Crippen molar-refractivity contribution in [2.75, 3.05) is 19.0 Å². The molecule has 15 nitrogen and oxygen atoms in total. The van der Waals surface area contributed by atoms with Crippen LogP contribution in [0.5, 0.6) is 5.75 Å². The van der Waals surface area contributed by atoms with Gasteiger partial charge < -0.3 is 34.3 Å². The van der Waals surface area contributed by atoms with Crippen LogP contribution in [0.3, 0.4) is 0 Å². The fourth-order valence-corrected chi connectivity index (χ4v) is 6.02. The molecule has 0 bridgehead atoms. The van der Waals surface area contributed by atoms with Crippen LogP contribution in [0, 0.1) is 0 Å². The molecule has 4 N–H and O–H groups in total. The van der Waals surface area contributed by atoms with Gasteiger partial charge in [0.25, 0.3) is 0 Å². The fourth-order valence-electron chi connectivity index (χ4n) is 4.48. The van der Waals surface area contributed by atoms with E-state index in [9.17, 15) is 29.2 Å². The van der Waals surface area contributed by atoms with Crippen LogP contribution >= 0.6 is 7.75 Å². The number of aryl methyl sites for hydroxylation is 1. The smallest absolute Gasteiger partial charge is 0.459 e. The Balaban J connectivity index is 1.85. The number of nitrogens with zero attached hydrogens (tertiary/aromatic N) is 2. The molecular formula is C29H43N4O11P. The molecule has 16 heteroatoms. The van der Waals surface area contributed by atoms with Gasteiger partial charge in [0.2, 0.25) is 0 Å². The minimum Gasteiger partial charge on any atom is -0.463 e. The minimum absolute atomic E-state index is 0.0242. The lowest BCUT2D eigenvalue weighted by Gasteiger charge is -2.27. The number of nitrogens with one attached hydrogen (secondary N) is 2. The quantitative estimate of drug-likeness (QED) is 0.161. The first-order chi connectivity index (χ1) is 21.1. The molecule has 1 aliphatic rings. The molecule has 2 aromatic rings. The van der Waals surface area contributed by atoms with E-state index in [0.717, 1.165) is 4.57 Å². The van der Waals surface area contributed by atoms with Crippen LogP contribution in [0.2, 0.25) is 0 Å². The van der Waals surface area contributed by atoms with E-state index in [-0.39, 0.29) is 24.7 Å². The van der Waals surface area contributed by atoms with Crippen molar-refractivity contribution < 1.29 is 47.6 Å². The topological polar surface area (TPSA) is 197 Å². The van der Waals surface area contributed by atoms with Gasteiger partial charge in [-0.3, -0.25) is 18.7 Å². The van der Waals surface area contributed by atoms with Crippen LogP contribution in [0.25, 0.3) is 0 Å². The molecule has 1 saturated heterocycles. The summed E-state index contributed by atoms with van der Waals surface area (Å²) in [5.74, 6) is -0.749. The monoisotopic (exact) mass is 654 g/mol. The number of para-hydroxylation sites is 1. The number of benzene rings is 1. The van der Waals surface area contributed by atoms with Crippen molar-refractivity contribution in [2.24, 2.45) is 0 Å². The van der Waals surface area contributed by atoms with E-state index < -0.39 is 68.2 Å². The van der Waals surface area contributed by atoms with Crippen molar-refractivity contribution in [2.45, 2.75) is 96.7 Å². The van der Waals surface area contributed by atoms with Crippen molar-refractivity contribution >= 4 is 25.5 Å². The van der Waals surface area contributed by atoms with Gasteiger partial charge in [0.1, 0.15) is 35.4 Å². The van der Waals surface area contributed by atoms with Crippen molar-refractivity contribution in [3.63, 3.8) is 0 Å². The van der Waals surface area contributed by atoms with Crippen LogP contribution in [0.4, 0.5) is 5.82 Å². The van der Waals surface area contributed by atoms with Crippen LogP contribution in [0.1, 0.15) is 59.8 Å². The van der Waals surface area contributed by atoms with Gasteiger partial charge in [-0.05, 0) is 65.7 Å². The molecule has 1 aromatic carbocycles. The third-order valence-electron chi connectivity index (χ3n) is 6.72. The van der Waals surface area contributed by atoms with E-state index in [1.165, 1.54) is 32.2 Å². The number of hydrogen-bond donors (Lipinski definition) is 4. The molecule has 250 valence electrons. The molecule has 3 rings (SSSR count). The lowest BCUT2D eigenvalue weighted by molar-refractivity contribution is -0.149. The third-order valence-corrected chi connectivity index (χ3v) is 8.35. The summed E-state index contributed by atoms with van der Waals surface area (Å²) in [5, 5.41) is 27.4. The number of aliphatic hydroxyl groups is 2. The van der Waals surface area contributed by atoms with Gasteiger partial charge in [-0.25, -0.2) is 9.36 Å². The predicted octanol–water partition coefficient (Wildman–Crippen LogP) is 2.31. The summed E-state index contributed by atoms with van der Waals surface area (Å²) in [6.07, 6.45) is -3.44. The molecule has 6 atom stereocenters. The average Bonchev–Trinajstić information content (AvgIpc) is 3.18. The first-order valence-corrected chi connectivity index (χ1v) is 16.1. The Hall–Kier alpha value is -3.33. The van der Waals surface area contributed by atoms with Gasteiger partial charge in [-0.15, -0.1) is 0 Å². The molecule has 0 aliphatic carbocycles. The number of hydrogen-bond acceptors (Lipinski definition) is 13. The molecule has 0 amide bonds. The number of carbonyl (C=O) groups excluding carboxylic acids is 2. The lowest BCUT2D eigenvalue weighted by atomic mass is 9.96. The summed E-state index contributed by atoms with van der Waals surface area (Å²) in [6, 6.07) is 6.86. The van der Waals surface area contributed by atoms with Gasteiger partial charge in [0.05, 0.1) is 18.8 Å². The van der Waals surface area contributed by atoms with Gasteiger partial charge in [-0.2, -0.15) is 10.1 Å². The summed E-state index contributed by atoms with van der Waals surface area (Å²) < 4.78 is 43.0. The zero-order valence-electron chi connectivity index (χ0n) is 26.5.